The van der Waals surface area contributed by atoms with Crippen molar-refractivity contribution in [3.05, 3.63) is 0 Å². The van der Waals surface area contributed by atoms with Crippen molar-refractivity contribution < 1.29 is 4.79 Å². The van der Waals surface area contributed by atoms with E-state index in [1.54, 1.807) is 0 Å². The molecule has 2 N–H and O–H groups in total. The highest BCUT2D eigenvalue weighted by Gasteiger charge is 2.25. The van der Waals surface area contributed by atoms with Crippen LogP contribution in [0.25, 0.3) is 0 Å². The van der Waals surface area contributed by atoms with E-state index in [4.69, 9.17) is 0 Å². The zero-order valence-corrected chi connectivity index (χ0v) is 11.0. The lowest BCUT2D eigenvalue weighted by atomic mass is 9.83. The van der Waals surface area contributed by atoms with Gasteiger partial charge in [-0.25, -0.2) is 0 Å². The second-order valence-corrected chi connectivity index (χ2v) is 5.62. The third-order valence-corrected chi connectivity index (χ3v) is 4.37. The number of hydrogen-bond donors (Lipinski definition) is 2. The lowest BCUT2D eigenvalue weighted by Crippen LogP contribution is -2.43. The Bertz CT molecular complexity index is 249. The summed E-state index contributed by atoms with van der Waals surface area (Å²) in [5.41, 5.74) is 0. The van der Waals surface area contributed by atoms with Crippen LogP contribution in [0.15, 0.2) is 0 Å². The first-order valence-electron chi connectivity index (χ1n) is 7.32. The van der Waals surface area contributed by atoms with Crippen molar-refractivity contribution in [3.8, 4) is 0 Å². The van der Waals surface area contributed by atoms with Crippen molar-refractivity contribution >= 4 is 5.91 Å². The summed E-state index contributed by atoms with van der Waals surface area (Å²) >= 11 is 0. The minimum atomic E-state index is 0.225. The molecule has 3 nitrogen and oxygen atoms in total. The molecule has 1 aliphatic heterocycles. The van der Waals surface area contributed by atoms with E-state index in [9.17, 15) is 4.79 Å². The van der Waals surface area contributed by atoms with Crippen molar-refractivity contribution in [1.82, 2.24) is 10.6 Å². The number of carbonyl (C=O) groups is 1. The highest BCUT2D eigenvalue weighted by molar-refractivity contribution is 5.78. The van der Waals surface area contributed by atoms with Crippen LogP contribution in [0.3, 0.4) is 0 Å². The van der Waals surface area contributed by atoms with Crippen LogP contribution in [0, 0.1) is 5.92 Å². The van der Waals surface area contributed by atoms with Crippen LogP contribution in [0.2, 0.25) is 0 Å². The summed E-state index contributed by atoms with van der Waals surface area (Å²) in [4.78, 5) is 11.1. The van der Waals surface area contributed by atoms with Gasteiger partial charge >= 0.3 is 0 Å². The number of nitrogens with one attached hydrogen (secondary N) is 2. The molecule has 3 heteroatoms. The predicted molar refractivity (Wildman–Crippen MR) is 69.8 cm³/mol. The van der Waals surface area contributed by atoms with E-state index in [0.717, 1.165) is 18.9 Å². The fourth-order valence-corrected chi connectivity index (χ4v) is 3.30. The average Bonchev–Trinajstić information content (AvgIpc) is 2.77. The Hall–Kier alpha value is -0.570. The minimum Gasteiger partial charge on any atom is -0.352 e. The fraction of sp³-hybridized carbons (Fsp3) is 0.929. The van der Waals surface area contributed by atoms with Gasteiger partial charge in [-0.2, -0.15) is 0 Å². The van der Waals surface area contributed by atoms with Gasteiger partial charge < -0.3 is 10.6 Å². The van der Waals surface area contributed by atoms with Gasteiger partial charge in [0.15, 0.2) is 0 Å². The van der Waals surface area contributed by atoms with E-state index in [1.807, 2.05) is 0 Å². The van der Waals surface area contributed by atoms with E-state index in [2.05, 4.69) is 17.6 Å². The lowest BCUT2D eigenvalue weighted by molar-refractivity contribution is -0.119. The summed E-state index contributed by atoms with van der Waals surface area (Å²) in [6, 6.07) is 1.04. The van der Waals surface area contributed by atoms with Gasteiger partial charge in [-0.05, 0) is 31.6 Å². The van der Waals surface area contributed by atoms with Crippen molar-refractivity contribution in [2.45, 2.75) is 70.4 Å². The quantitative estimate of drug-likeness (QED) is 0.771. The number of carbonyl (C=O) groups excluding carboxylic acids is 1. The summed E-state index contributed by atoms with van der Waals surface area (Å²) in [6.45, 7) is 3.24. The molecule has 2 fully saturated rings. The summed E-state index contributed by atoms with van der Waals surface area (Å²) in [7, 11) is 0. The predicted octanol–water partition coefficient (Wildman–Crippen LogP) is 2.21. The molecule has 0 spiro atoms. The SMILES string of the molecule is CCC(NCC1CCC(=O)N1)C1CCCCC1. The van der Waals surface area contributed by atoms with E-state index in [-0.39, 0.29) is 5.91 Å². The molecular formula is C14H26N2O. The Balaban J connectivity index is 1.72. The van der Waals surface area contributed by atoms with E-state index < -0.39 is 0 Å². The van der Waals surface area contributed by atoms with Crippen LogP contribution < -0.4 is 10.6 Å². The Morgan fingerprint density at radius 1 is 1.29 bits per heavy atom. The molecule has 2 unspecified atom stereocenters. The normalized spacial score (nSPS) is 28.1. The third kappa shape index (κ3) is 3.70. The van der Waals surface area contributed by atoms with Crippen LogP contribution in [-0.4, -0.2) is 24.5 Å². The molecule has 98 valence electrons. The van der Waals surface area contributed by atoms with Crippen LogP contribution in [-0.2, 0) is 4.79 Å². The first-order valence-corrected chi connectivity index (χ1v) is 7.32. The molecule has 1 aliphatic carbocycles. The molecule has 0 bridgehead atoms. The smallest absolute Gasteiger partial charge is 0.220 e. The maximum atomic E-state index is 11.1. The molecule has 2 atom stereocenters. The standard InChI is InChI=1S/C14H26N2O/c1-2-13(11-6-4-3-5-7-11)15-10-12-8-9-14(17)16-12/h11-13,15H,2-10H2,1H3,(H,16,17). The molecule has 1 amide bonds. The van der Waals surface area contributed by atoms with Crippen molar-refractivity contribution in [1.29, 1.82) is 0 Å². The summed E-state index contributed by atoms with van der Waals surface area (Å²) in [5.74, 6) is 1.09. The van der Waals surface area contributed by atoms with Crippen molar-refractivity contribution in [3.63, 3.8) is 0 Å². The average molecular weight is 238 g/mol. The van der Waals surface area contributed by atoms with Crippen LogP contribution in [0.4, 0.5) is 0 Å². The zero-order chi connectivity index (χ0) is 12.1. The topological polar surface area (TPSA) is 41.1 Å². The summed E-state index contributed by atoms with van der Waals surface area (Å²) < 4.78 is 0. The fourth-order valence-electron chi connectivity index (χ4n) is 3.30. The zero-order valence-electron chi connectivity index (χ0n) is 11.0. The van der Waals surface area contributed by atoms with Crippen molar-refractivity contribution in [2.24, 2.45) is 5.92 Å². The number of hydrogen-bond acceptors (Lipinski definition) is 2. The first kappa shape index (κ1) is 12.9. The summed E-state index contributed by atoms with van der Waals surface area (Å²) in [5, 5.41) is 6.72. The lowest BCUT2D eigenvalue weighted by Gasteiger charge is -2.31. The van der Waals surface area contributed by atoms with Gasteiger partial charge in [0.2, 0.25) is 5.91 Å². The van der Waals surface area contributed by atoms with Crippen LogP contribution in [0.1, 0.15) is 58.3 Å². The second-order valence-electron chi connectivity index (χ2n) is 5.62. The highest BCUT2D eigenvalue weighted by atomic mass is 16.1. The van der Waals surface area contributed by atoms with Gasteiger partial charge in [-0.15, -0.1) is 0 Å². The molecular weight excluding hydrogens is 212 g/mol. The largest absolute Gasteiger partial charge is 0.352 e. The van der Waals surface area contributed by atoms with Gasteiger partial charge in [0.25, 0.3) is 0 Å². The van der Waals surface area contributed by atoms with Gasteiger partial charge in [0.05, 0.1) is 0 Å². The molecule has 17 heavy (non-hydrogen) atoms. The maximum Gasteiger partial charge on any atom is 0.220 e. The number of amides is 1. The first-order chi connectivity index (χ1) is 8.29. The Kier molecular flexibility index (Phi) is 4.84. The Morgan fingerprint density at radius 2 is 2.06 bits per heavy atom. The van der Waals surface area contributed by atoms with Crippen molar-refractivity contribution in [2.75, 3.05) is 6.54 Å². The van der Waals surface area contributed by atoms with E-state index >= 15 is 0 Å². The molecule has 0 aromatic rings. The van der Waals surface area contributed by atoms with Gasteiger partial charge in [0, 0.05) is 25.0 Å². The second kappa shape index (κ2) is 6.39. The monoisotopic (exact) mass is 238 g/mol. The maximum absolute atomic E-state index is 11.1. The molecule has 0 aromatic heterocycles. The molecule has 0 radical (unpaired) electrons. The number of rotatable bonds is 5. The molecule has 1 heterocycles. The van der Waals surface area contributed by atoms with Crippen LogP contribution in [0.5, 0.6) is 0 Å². The molecule has 1 saturated heterocycles. The molecule has 2 rings (SSSR count). The minimum absolute atomic E-state index is 0.225. The van der Waals surface area contributed by atoms with E-state index in [0.29, 0.717) is 18.5 Å². The molecule has 0 aromatic carbocycles. The van der Waals surface area contributed by atoms with Gasteiger partial charge in [-0.3, -0.25) is 4.79 Å². The highest BCUT2D eigenvalue weighted by Crippen LogP contribution is 2.27. The van der Waals surface area contributed by atoms with Gasteiger partial charge in [-0.1, -0.05) is 26.2 Å². The van der Waals surface area contributed by atoms with Crippen LogP contribution >= 0.6 is 0 Å². The molecule has 2 aliphatic rings. The Morgan fingerprint density at radius 3 is 2.65 bits per heavy atom. The third-order valence-electron chi connectivity index (χ3n) is 4.37. The van der Waals surface area contributed by atoms with Gasteiger partial charge in [0.1, 0.15) is 0 Å². The van der Waals surface area contributed by atoms with E-state index in [1.165, 1.54) is 38.5 Å². The summed E-state index contributed by atoms with van der Waals surface area (Å²) in [6.07, 6.45) is 9.95. The Labute approximate surface area is 105 Å². The molecule has 1 saturated carbocycles.